The monoisotopic (exact) mass is 291 g/mol. The summed E-state index contributed by atoms with van der Waals surface area (Å²) in [5.41, 5.74) is 2.96. The van der Waals surface area contributed by atoms with Crippen molar-refractivity contribution in [3.63, 3.8) is 0 Å². The molecule has 0 aliphatic heterocycles. The summed E-state index contributed by atoms with van der Waals surface area (Å²) in [6.45, 7) is 1.90. The molecule has 0 spiro atoms. The molecule has 0 saturated heterocycles. The predicted molar refractivity (Wildman–Crippen MR) is 81.0 cm³/mol. The highest BCUT2D eigenvalue weighted by Crippen LogP contribution is 2.23. The molecule has 1 N–H and O–H groups in total. The second kappa shape index (κ2) is 6.00. The predicted octanol–water partition coefficient (Wildman–Crippen LogP) is 2.42. The van der Waals surface area contributed by atoms with Crippen LogP contribution in [0.5, 0.6) is 0 Å². The molecule has 0 bridgehead atoms. The van der Waals surface area contributed by atoms with Crippen molar-refractivity contribution >= 4 is 23.4 Å². The fourth-order valence-electron chi connectivity index (χ4n) is 1.80. The van der Waals surface area contributed by atoms with E-state index in [1.807, 2.05) is 60.9 Å². The van der Waals surface area contributed by atoms with E-state index in [2.05, 4.69) is 4.98 Å². The number of anilines is 1. The molecule has 0 aliphatic rings. The van der Waals surface area contributed by atoms with Crippen molar-refractivity contribution in [3.05, 3.63) is 36.2 Å². The zero-order valence-corrected chi connectivity index (χ0v) is 12.5. The van der Waals surface area contributed by atoms with E-state index < -0.39 is 5.97 Å². The Kier molecular flexibility index (Phi) is 4.34. The van der Waals surface area contributed by atoms with Gasteiger partial charge >= 0.3 is 5.97 Å². The summed E-state index contributed by atoms with van der Waals surface area (Å²) in [7, 11) is 3.98. The van der Waals surface area contributed by atoms with Gasteiger partial charge in [-0.05, 0) is 31.2 Å². The number of carbonyl (C=O) groups is 1. The van der Waals surface area contributed by atoms with E-state index in [1.165, 1.54) is 11.8 Å². The molecule has 6 heteroatoms. The Labute approximate surface area is 122 Å². The highest BCUT2D eigenvalue weighted by molar-refractivity contribution is 7.99. The molecule has 0 unspecified atom stereocenters. The first kappa shape index (κ1) is 14.5. The van der Waals surface area contributed by atoms with Gasteiger partial charge in [-0.2, -0.15) is 0 Å². The largest absolute Gasteiger partial charge is 0.481 e. The van der Waals surface area contributed by atoms with E-state index in [0.29, 0.717) is 5.16 Å². The van der Waals surface area contributed by atoms with Crippen LogP contribution in [0.25, 0.3) is 5.69 Å². The number of aromatic nitrogens is 2. The minimum Gasteiger partial charge on any atom is -0.481 e. The van der Waals surface area contributed by atoms with Crippen molar-refractivity contribution in [2.75, 3.05) is 24.7 Å². The molecule has 20 heavy (non-hydrogen) atoms. The third kappa shape index (κ3) is 3.33. The average molecular weight is 291 g/mol. The topological polar surface area (TPSA) is 58.4 Å². The summed E-state index contributed by atoms with van der Waals surface area (Å²) in [6, 6.07) is 8.05. The van der Waals surface area contributed by atoms with Crippen LogP contribution in [0.15, 0.2) is 35.6 Å². The van der Waals surface area contributed by atoms with Gasteiger partial charge in [0.2, 0.25) is 0 Å². The average Bonchev–Trinajstić information content (AvgIpc) is 2.77. The van der Waals surface area contributed by atoms with Crippen LogP contribution in [0.2, 0.25) is 0 Å². The maximum Gasteiger partial charge on any atom is 0.313 e. The molecule has 1 heterocycles. The van der Waals surface area contributed by atoms with Gasteiger partial charge in [-0.1, -0.05) is 11.8 Å². The smallest absolute Gasteiger partial charge is 0.313 e. The second-order valence-corrected chi connectivity index (χ2v) is 5.57. The molecule has 0 saturated carbocycles. The number of aryl methyl sites for hydroxylation is 1. The van der Waals surface area contributed by atoms with Crippen LogP contribution >= 0.6 is 11.8 Å². The number of rotatable bonds is 5. The number of aliphatic carboxylic acids is 1. The fourth-order valence-corrected chi connectivity index (χ4v) is 2.56. The van der Waals surface area contributed by atoms with Crippen molar-refractivity contribution in [2.24, 2.45) is 0 Å². The molecule has 0 aliphatic carbocycles. The first-order chi connectivity index (χ1) is 9.47. The van der Waals surface area contributed by atoms with E-state index in [4.69, 9.17) is 5.11 Å². The molecule has 106 valence electrons. The zero-order chi connectivity index (χ0) is 14.7. The van der Waals surface area contributed by atoms with Gasteiger partial charge in [0.25, 0.3) is 0 Å². The van der Waals surface area contributed by atoms with Gasteiger partial charge in [0.15, 0.2) is 5.16 Å². The molecule has 0 radical (unpaired) electrons. The van der Waals surface area contributed by atoms with Crippen molar-refractivity contribution in [2.45, 2.75) is 12.1 Å². The lowest BCUT2D eigenvalue weighted by atomic mass is 10.2. The molecule has 5 nitrogen and oxygen atoms in total. The van der Waals surface area contributed by atoms with Gasteiger partial charge in [0, 0.05) is 31.7 Å². The Morgan fingerprint density at radius 3 is 2.55 bits per heavy atom. The number of hydrogen-bond donors (Lipinski definition) is 1. The summed E-state index contributed by atoms with van der Waals surface area (Å²) in [5.74, 6) is -0.836. The number of carboxylic acids is 1. The van der Waals surface area contributed by atoms with E-state index in [1.54, 1.807) is 0 Å². The van der Waals surface area contributed by atoms with Crippen LogP contribution < -0.4 is 4.90 Å². The van der Waals surface area contributed by atoms with E-state index in [9.17, 15) is 4.79 Å². The zero-order valence-electron chi connectivity index (χ0n) is 11.7. The third-order valence-corrected chi connectivity index (χ3v) is 3.70. The van der Waals surface area contributed by atoms with Crippen LogP contribution in [0, 0.1) is 6.92 Å². The number of nitrogens with zero attached hydrogens (tertiary/aromatic N) is 3. The minimum absolute atomic E-state index is 0.00619. The fraction of sp³-hybridized carbons (Fsp3) is 0.286. The molecule has 1 aromatic carbocycles. The highest BCUT2D eigenvalue weighted by atomic mass is 32.2. The first-order valence-electron chi connectivity index (χ1n) is 6.15. The quantitative estimate of drug-likeness (QED) is 0.857. The van der Waals surface area contributed by atoms with Crippen molar-refractivity contribution in [1.82, 2.24) is 9.55 Å². The first-order valence-corrected chi connectivity index (χ1v) is 7.14. The van der Waals surface area contributed by atoms with Gasteiger partial charge in [0.1, 0.15) is 0 Å². The lowest BCUT2D eigenvalue weighted by molar-refractivity contribution is -0.133. The van der Waals surface area contributed by atoms with E-state index >= 15 is 0 Å². The number of thioether (sulfide) groups is 1. The maximum absolute atomic E-state index is 10.7. The van der Waals surface area contributed by atoms with Crippen LogP contribution in [0.1, 0.15) is 5.69 Å². The van der Waals surface area contributed by atoms with Crippen LogP contribution in [-0.2, 0) is 4.79 Å². The Morgan fingerprint density at radius 1 is 1.35 bits per heavy atom. The molecular formula is C14H17N3O2S. The Balaban J connectivity index is 2.29. The second-order valence-electron chi connectivity index (χ2n) is 4.63. The molecule has 2 rings (SSSR count). The maximum atomic E-state index is 10.7. The molecule has 0 fully saturated rings. The lowest BCUT2D eigenvalue weighted by Gasteiger charge is -2.13. The van der Waals surface area contributed by atoms with Crippen LogP contribution in [0.4, 0.5) is 5.69 Å². The van der Waals surface area contributed by atoms with Crippen molar-refractivity contribution < 1.29 is 9.90 Å². The minimum atomic E-state index is -0.842. The summed E-state index contributed by atoms with van der Waals surface area (Å²) in [4.78, 5) is 17.1. The van der Waals surface area contributed by atoms with Gasteiger partial charge in [-0.25, -0.2) is 4.98 Å². The van der Waals surface area contributed by atoms with E-state index in [0.717, 1.165) is 17.1 Å². The van der Waals surface area contributed by atoms with Crippen LogP contribution in [0.3, 0.4) is 0 Å². The molecule has 0 atom stereocenters. The highest BCUT2D eigenvalue weighted by Gasteiger charge is 2.10. The summed E-state index contributed by atoms with van der Waals surface area (Å²) in [6.07, 6.45) is 1.91. The number of benzene rings is 1. The summed E-state index contributed by atoms with van der Waals surface area (Å²) in [5, 5.41) is 9.47. The van der Waals surface area contributed by atoms with Crippen molar-refractivity contribution in [3.8, 4) is 5.69 Å². The van der Waals surface area contributed by atoms with Gasteiger partial charge in [-0.3, -0.25) is 9.36 Å². The normalized spacial score (nSPS) is 10.6. The molecule has 1 aromatic heterocycles. The Bertz CT molecular complexity index is 605. The van der Waals surface area contributed by atoms with Gasteiger partial charge in [-0.15, -0.1) is 0 Å². The number of carboxylic acid groups (broad SMARTS) is 1. The summed E-state index contributed by atoms with van der Waals surface area (Å²) < 4.78 is 1.92. The molecular weight excluding hydrogens is 274 g/mol. The SMILES string of the molecule is Cc1cn(-c2ccc(N(C)C)cc2)c(SCC(=O)O)n1. The van der Waals surface area contributed by atoms with Crippen molar-refractivity contribution in [1.29, 1.82) is 0 Å². The molecule has 0 amide bonds. The number of imidazole rings is 1. The Hall–Kier alpha value is -1.95. The molecule has 2 aromatic rings. The standard InChI is InChI=1S/C14H17N3O2S/c1-10-8-17(14(15-10)20-9-13(18)19)12-6-4-11(5-7-12)16(2)3/h4-8H,9H2,1-3H3,(H,18,19). The van der Waals surface area contributed by atoms with Gasteiger partial charge < -0.3 is 10.0 Å². The van der Waals surface area contributed by atoms with Gasteiger partial charge in [0.05, 0.1) is 11.4 Å². The third-order valence-electron chi connectivity index (χ3n) is 2.76. The summed E-state index contributed by atoms with van der Waals surface area (Å²) >= 11 is 1.22. The lowest BCUT2D eigenvalue weighted by Crippen LogP contribution is -2.08. The number of hydrogen-bond acceptors (Lipinski definition) is 4. The van der Waals surface area contributed by atoms with Crippen LogP contribution in [-0.4, -0.2) is 40.5 Å². The Morgan fingerprint density at radius 2 is 2.00 bits per heavy atom. The van der Waals surface area contributed by atoms with E-state index in [-0.39, 0.29) is 5.75 Å².